The molecule has 4 aromatic heterocycles. The molecule has 0 spiro atoms. The minimum Gasteiger partial charge on any atom is -0.354 e. The van der Waals surface area contributed by atoms with Gasteiger partial charge in [-0.3, -0.25) is 4.79 Å². The SMILES string of the molecule is C=CC(=O)Nc1ccc(C2=c3ccc([nH]3)=C(c3ccccc3)c3ccc([nH]3)C(c3ccccc3)=c3ccc([nH]3)=C(c3ccccc3)c3ccc2[nH]3)cc1. The fraction of sp³-hybridized carbons (Fsp3) is 0. The second-order valence-corrected chi connectivity index (χ2v) is 13.0. The lowest BCUT2D eigenvalue weighted by molar-refractivity contribution is -0.111. The fourth-order valence-electron chi connectivity index (χ4n) is 7.30. The summed E-state index contributed by atoms with van der Waals surface area (Å²) >= 11 is 0. The number of hydrogen-bond acceptors (Lipinski definition) is 1. The summed E-state index contributed by atoms with van der Waals surface area (Å²) in [4.78, 5) is 27.4. The van der Waals surface area contributed by atoms with Crippen LogP contribution in [0.5, 0.6) is 0 Å². The molecule has 0 radical (unpaired) electrons. The maximum atomic E-state index is 12.1. The third-order valence-corrected chi connectivity index (χ3v) is 9.71. The Labute approximate surface area is 305 Å². The van der Waals surface area contributed by atoms with E-state index in [1.807, 2.05) is 36.4 Å². The minimum absolute atomic E-state index is 0.250. The fourth-order valence-corrected chi connectivity index (χ4v) is 7.30. The van der Waals surface area contributed by atoms with Crippen molar-refractivity contribution in [2.75, 3.05) is 5.32 Å². The zero-order chi connectivity index (χ0) is 35.7. The number of benzene rings is 4. The molecule has 0 atom stereocenters. The highest BCUT2D eigenvalue weighted by Gasteiger charge is 2.18. The summed E-state index contributed by atoms with van der Waals surface area (Å²) in [6.45, 7) is 3.59. The number of carbonyl (C=O) groups excluding carboxylic acids is 1. The van der Waals surface area contributed by atoms with Crippen LogP contribution < -0.4 is 26.7 Å². The van der Waals surface area contributed by atoms with Gasteiger partial charge in [0, 0.05) is 72.2 Å². The number of hydrogen-bond donors (Lipinski definition) is 5. The van der Waals surface area contributed by atoms with Crippen molar-refractivity contribution in [2.24, 2.45) is 0 Å². The molecule has 0 aliphatic carbocycles. The second-order valence-electron chi connectivity index (χ2n) is 13.0. The molecule has 1 aliphatic rings. The maximum Gasteiger partial charge on any atom is 0.247 e. The summed E-state index contributed by atoms with van der Waals surface area (Å²) in [5, 5.41) is 6.79. The first-order valence-corrected chi connectivity index (χ1v) is 17.6. The average Bonchev–Trinajstić information content (AvgIpc) is 4.05. The summed E-state index contributed by atoms with van der Waals surface area (Å²) in [5.41, 5.74) is 13.1. The van der Waals surface area contributed by atoms with Gasteiger partial charge in [-0.25, -0.2) is 0 Å². The van der Waals surface area contributed by atoms with E-state index in [4.69, 9.17) is 0 Å². The predicted octanol–water partition coefficient (Wildman–Crippen LogP) is 6.43. The van der Waals surface area contributed by atoms with Gasteiger partial charge in [0.15, 0.2) is 0 Å². The van der Waals surface area contributed by atoms with E-state index in [1.165, 1.54) is 6.08 Å². The van der Waals surface area contributed by atoms with Gasteiger partial charge < -0.3 is 25.3 Å². The summed E-state index contributed by atoms with van der Waals surface area (Å²) < 4.78 is 0. The molecule has 0 unspecified atom stereocenters. The lowest BCUT2D eigenvalue weighted by Gasteiger charge is -2.10. The lowest BCUT2D eigenvalue weighted by atomic mass is 10.0. The molecule has 4 aromatic carbocycles. The quantitative estimate of drug-likeness (QED) is 0.128. The smallest absolute Gasteiger partial charge is 0.247 e. The van der Waals surface area contributed by atoms with E-state index in [0.717, 1.165) is 88.7 Å². The van der Waals surface area contributed by atoms with Crippen molar-refractivity contribution in [3.8, 4) is 0 Å². The van der Waals surface area contributed by atoms with Crippen molar-refractivity contribution in [1.29, 1.82) is 0 Å². The van der Waals surface area contributed by atoms with E-state index >= 15 is 0 Å². The zero-order valence-electron chi connectivity index (χ0n) is 28.8. The van der Waals surface area contributed by atoms with Crippen LogP contribution in [0.25, 0.3) is 22.3 Å². The van der Waals surface area contributed by atoms with Crippen LogP contribution in [0.2, 0.25) is 0 Å². The zero-order valence-corrected chi connectivity index (χ0v) is 28.8. The molecule has 0 saturated carbocycles. The number of nitrogens with one attached hydrogen (secondary N) is 5. The van der Waals surface area contributed by atoms with Crippen LogP contribution in [0.1, 0.15) is 45.0 Å². The van der Waals surface area contributed by atoms with Crippen LogP contribution in [-0.4, -0.2) is 25.8 Å². The van der Waals surface area contributed by atoms with Crippen molar-refractivity contribution in [1.82, 2.24) is 19.9 Å². The van der Waals surface area contributed by atoms with Crippen LogP contribution in [-0.2, 0) is 4.79 Å². The van der Waals surface area contributed by atoms with E-state index in [1.54, 1.807) is 0 Å². The number of aromatic amines is 4. The Kier molecular flexibility index (Phi) is 8.02. The number of fused-ring (bicyclic) bond motifs is 8. The number of rotatable bonds is 6. The van der Waals surface area contributed by atoms with Crippen molar-refractivity contribution in [3.05, 3.63) is 243 Å². The average molecular weight is 686 g/mol. The first kappa shape index (κ1) is 31.7. The molecule has 5 N–H and O–H groups in total. The molecule has 8 aromatic rings. The van der Waals surface area contributed by atoms with Crippen molar-refractivity contribution < 1.29 is 4.79 Å². The van der Waals surface area contributed by atoms with Gasteiger partial charge in [-0.2, -0.15) is 0 Å². The Balaban J connectivity index is 1.39. The number of amides is 1. The molecule has 1 aliphatic heterocycles. The molecule has 53 heavy (non-hydrogen) atoms. The van der Waals surface area contributed by atoms with Gasteiger partial charge in [0.05, 0.1) is 0 Å². The van der Waals surface area contributed by atoms with Gasteiger partial charge in [-0.15, -0.1) is 0 Å². The third-order valence-electron chi connectivity index (χ3n) is 9.71. The van der Waals surface area contributed by atoms with Gasteiger partial charge in [-0.1, -0.05) is 110 Å². The molecule has 0 fully saturated rings. The van der Waals surface area contributed by atoms with E-state index < -0.39 is 0 Å². The largest absolute Gasteiger partial charge is 0.354 e. The molecule has 9 rings (SSSR count). The highest BCUT2D eigenvalue weighted by molar-refractivity contribution is 5.99. The minimum atomic E-state index is -0.250. The van der Waals surface area contributed by atoms with Crippen molar-refractivity contribution in [2.45, 2.75) is 0 Å². The summed E-state index contributed by atoms with van der Waals surface area (Å²) in [7, 11) is 0. The van der Waals surface area contributed by atoms with E-state index in [-0.39, 0.29) is 5.91 Å². The molecule has 1 amide bonds. The van der Waals surface area contributed by atoms with Gasteiger partial charge >= 0.3 is 0 Å². The van der Waals surface area contributed by atoms with Gasteiger partial charge in [0.2, 0.25) is 5.91 Å². The normalized spacial score (nSPS) is 12.5. The predicted molar refractivity (Wildman–Crippen MR) is 213 cm³/mol. The van der Waals surface area contributed by atoms with Crippen molar-refractivity contribution >= 4 is 33.9 Å². The van der Waals surface area contributed by atoms with E-state index in [0.29, 0.717) is 5.69 Å². The summed E-state index contributed by atoms with van der Waals surface area (Å²) in [6.07, 6.45) is 1.27. The highest BCUT2D eigenvalue weighted by Crippen LogP contribution is 2.28. The standard InChI is InChI=1S/C47H35N5O/c1-2-43(53)48-34-20-18-33(19-21-34)47-41-28-26-39(51-41)45(31-14-8-4-9-15-31)37-24-22-35(49-37)44(30-12-6-3-7-13-30)36-23-25-38(50-36)46(32-16-10-5-11-17-32)40-27-29-42(47)52-40/h2-29,49-52H,1H2,(H,48,53). The molecular formula is C47H35N5O. The Morgan fingerprint density at radius 3 is 1.04 bits per heavy atom. The molecule has 5 heterocycles. The molecule has 8 bridgehead atoms. The van der Waals surface area contributed by atoms with E-state index in [9.17, 15) is 4.79 Å². The van der Waals surface area contributed by atoms with Gasteiger partial charge in [-0.05, 0) is 89.0 Å². The number of H-pyrrole nitrogens is 4. The van der Waals surface area contributed by atoms with Crippen molar-refractivity contribution in [3.63, 3.8) is 0 Å². The van der Waals surface area contributed by atoms with Crippen LogP contribution in [0, 0.1) is 0 Å². The van der Waals surface area contributed by atoms with Gasteiger partial charge in [0.1, 0.15) is 0 Å². The third kappa shape index (κ3) is 5.98. The monoisotopic (exact) mass is 685 g/mol. The first-order valence-electron chi connectivity index (χ1n) is 17.6. The maximum absolute atomic E-state index is 12.1. The van der Waals surface area contributed by atoms with Crippen LogP contribution >= 0.6 is 0 Å². The Bertz CT molecular complexity index is 2870. The lowest BCUT2D eigenvalue weighted by Crippen LogP contribution is -2.19. The Hall–Kier alpha value is -7.31. The number of anilines is 1. The van der Waals surface area contributed by atoms with Crippen LogP contribution in [0.3, 0.4) is 0 Å². The van der Waals surface area contributed by atoms with Gasteiger partial charge in [0.25, 0.3) is 0 Å². The topological polar surface area (TPSA) is 92.3 Å². The molecule has 6 nitrogen and oxygen atoms in total. The number of carbonyl (C=O) groups is 1. The Morgan fingerprint density at radius 2 is 0.717 bits per heavy atom. The second kappa shape index (κ2) is 13.4. The van der Waals surface area contributed by atoms with E-state index in [2.05, 4.69) is 159 Å². The summed E-state index contributed by atoms with van der Waals surface area (Å²) in [5.74, 6) is -0.250. The Morgan fingerprint density at radius 1 is 0.396 bits per heavy atom. The van der Waals surface area contributed by atoms with Crippen LogP contribution in [0.4, 0.5) is 5.69 Å². The molecule has 0 saturated heterocycles. The van der Waals surface area contributed by atoms with Crippen LogP contribution in [0.15, 0.2) is 176 Å². The molecular weight excluding hydrogens is 651 g/mol. The summed E-state index contributed by atoms with van der Waals surface area (Å²) in [6, 6.07) is 56.7. The number of aromatic nitrogens is 4. The molecule has 6 heteroatoms. The highest BCUT2D eigenvalue weighted by atomic mass is 16.1. The molecule has 254 valence electrons. The first-order chi connectivity index (χ1) is 26.1.